The molecule has 2 heterocycles. The van der Waals surface area contributed by atoms with Crippen molar-refractivity contribution in [1.82, 2.24) is 20.7 Å². The highest BCUT2D eigenvalue weighted by Crippen LogP contribution is 2.43. The summed E-state index contributed by atoms with van der Waals surface area (Å²) in [6, 6.07) is 8.40. The monoisotopic (exact) mass is 591 g/mol. The number of carbonyl (C=O) groups excluding carboxylic acids is 4. The van der Waals surface area contributed by atoms with E-state index >= 15 is 0 Å². The van der Waals surface area contributed by atoms with E-state index in [1.807, 2.05) is 36.4 Å². The minimum atomic E-state index is -1.08. The minimum absolute atomic E-state index is 0.134. The molecule has 2 aromatic rings. The lowest BCUT2D eigenvalue weighted by Crippen LogP contribution is -2.60. The van der Waals surface area contributed by atoms with Crippen LogP contribution in [0.3, 0.4) is 0 Å². The Bertz CT molecular complexity index is 1420. The zero-order chi connectivity index (χ0) is 30.7. The van der Waals surface area contributed by atoms with E-state index < -0.39 is 53.4 Å². The number of aliphatic hydroxyl groups is 1. The Kier molecular flexibility index (Phi) is 9.12. The lowest BCUT2D eigenvalue weighted by molar-refractivity contribution is -0.165. The van der Waals surface area contributed by atoms with Gasteiger partial charge in [0.15, 0.2) is 6.10 Å². The van der Waals surface area contributed by atoms with E-state index in [2.05, 4.69) is 17.7 Å². The number of fused-ring (bicyclic) bond motifs is 1. The smallest absolute Gasteiger partial charge is 0.316 e. The van der Waals surface area contributed by atoms with Crippen molar-refractivity contribution in [2.45, 2.75) is 89.5 Å². The van der Waals surface area contributed by atoms with E-state index in [1.165, 1.54) is 5.01 Å². The summed E-state index contributed by atoms with van der Waals surface area (Å²) >= 11 is 0. The van der Waals surface area contributed by atoms with Gasteiger partial charge in [-0.15, -0.1) is 0 Å². The highest BCUT2D eigenvalue weighted by atomic mass is 16.6. The Balaban J connectivity index is 1.28. The fourth-order valence-corrected chi connectivity index (χ4v) is 5.92. The summed E-state index contributed by atoms with van der Waals surface area (Å²) in [6.07, 6.45) is 6.41. The number of pyridine rings is 1. The number of aryl methyl sites for hydroxylation is 1. The van der Waals surface area contributed by atoms with Crippen LogP contribution < -0.4 is 16.5 Å². The van der Waals surface area contributed by atoms with E-state index in [9.17, 15) is 24.3 Å². The van der Waals surface area contributed by atoms with E-state index in [1.54, 1.807) is 13.0 Å². The Morgan fingerprint density at radius 2 is 1.98 bits per heavy atom. The number of amides is 3. The van der Waals surface area contributed by atoms with Crippen LogP contribution in [0.1, 0.15) is 70.1 Å². The third kappa shape index (κ3) is 7.05. The van der Waals surface area contributed by atoms with E-state index in [0.717, 1.165) is 41.4 Å². The lowest BCUT2D eigenvalue weighted by Gasteiger charge is -2.34. The van der Waals surface area contributed by atoms with Gasteiger partial charge in [-0.25, -0.2) is 5.43 Å². The normalized spacial score (nSPS) is 25.4. The fourth-order valence-electron chi connectivity index (χ4n) is 5.92. The standard InChI is InChI=1S/C32H41N5O6/c1-3-23-11-10-21-7-6-20(17-26(21)35-23)12-14-32(15-13-24(38)18-32)31(42)43-27(22-8-9-22)29(40)34-19(2)30(41)37-16-4-5-25(36-37)28(33)39/h6-7,10-12,14,17,19,22,24-25,27,36,38H,3-5,8-9,13,15-16,18H2,1-2H3,(H2,33,39)(H,34,40)/b14-12+. The Hall–Kier alpha value is -3.83. The van der Waals surface area contributed by atoms with Gasteiger partial charge in [-0.3, -0.25) is 29.2 Å². The third-order valence-corrected chi connectivity index (χ3v) is 8.73. The van der Waals surface area contributed by atoms with Gasteiger partial charge in [-0.05, 0) is 76.0 Å². The van der Waals surface area contributed by atoms with Crippen molar-refractivity contribution in [3.63, 3.8) is 0 Å². The predicted octanol–water partition coefficient (Wildman–Crippen LogP) is 2.15. The zero-order valence-corrected chi connectivity index (χ0v) is 24.8. The van der Waals surface area contributed by atoms with Crippen LogP contribution >= 0.6 is 0 Å². The van der Waals surface area contributed by atoms with Crippen LogP contribution in [-0.2, 0) is 30.3 Å². The summed E-state index contributed by atoms with van der Waals surface area (Å²) in [7, 11) is 0. The molecule has 2 aliphatic carbocycles. The van der Waals surface area contributed by atoms with Crippen LogP contribution in [0.25, 0.3) is 17.0 Å². The Labute approximate surface area is 251 Å². The maximum Gasteiger partial charge on any atom is 0.316 e. The first kappa shape index (κ1) is 30.6. The molecule has 5 N–H and O–H groups in total. The fraction of sp³-hybridized carbons (Fsp3) is 0.531. The highest BCUT2D eigenvalue weighted by molar-refractivity contribution is 5.92. The van der Waals surface area contributed by atoms with Crippen LogP contribution in [0.5, 0.6) is 0 Å². The topological polar surface area (TPSA) is 164 Å². The summed E-state index contributed by atoms with van der Waals surface area (Å²) in [5, 5.41) is 15.5. The largest absolute Gasteiger partial charge is 0.451 e. The number of nitrogens with one attached hydrogen (secondary N) is 2. The second kappa shape index (κ2) is 12.8. The molecule has 5 unspecified atom stereocenters. The minimum Gasteiger partial charge on any atom is -0.451 e. The van der Waals surface area contributed by atoms with Crippen LogP contribution in [0.2, 0.25) is 0 Å². The van der Waals surface area contributed by atoms with Gasteiger partial charge in [-0.1, -0.05) is 37.3 Å². The number of nitrogens with zero attached hydrogens (tertiary/aromatic N) is 2. The summed E-state index contributed by atoms with van der Waals surface area (Å²) in [4.78, 5) is 56.4. The first-order valence-corrected chi connectivity index (χ1v) is 15.2. The number of nitrogens with two attached hydrogens (primary N) is 1. The maximum atomic E-state index is 13.7. The van der Waals surface area contributed by atoms with Gasteiger partial charge in [0.1, 0.15) is 12.1 Å². The molecule has 1 saturated heterocycles. The molecule has 11 heteroatoms. The van der Waals surface area contributed by atoms with Gasteiger partial charge in [-0.2, -0.15) is 0 Å². The number of esters is 1. The van der Waals surface area contributed by atoms with Crippen molar-refractivity contribution in [3.8, 4) is 0 Å². The molecule has 11 nitrogen and oxygen atoms in total. The number of rotatable bonds is 10. The number of benzene rings is 1. The molecule has 1 aliphatic heterocycles. The summed E-state index contributed by atoms with van der Waals surface area (Å²) in [6.45, 7) is 3.99. The molecule has 0 radical (unpaired) electrons. The van der Waals surface area contributed by atoms with Crippen molar-refractivity contribution in [2.24, 2.45) is 17.1 Å². The average Bonchev–Trinajstić information content (AvgIpc) is 3.78. The molecule has 5 rings (SSSR count). The van der Waals surface area contributed by atoms with Gasteiger partial charge in [0.25, 0.3) is 11.8 Å². The first-order chi connectivity index (χ1) is 20.6. The molecule has 2 saturated carbocycles. The number of hydrogen-bond acceptors (Lipinski definition) is 8. The van der Waals surface area contributed by atoms with Crippen molar-refractivity contribution in [2.75, 3.05) is 6.54 Å². The van der Waals surface area contributed by atoms with Crippen molar-refractivity contribution < 1.29 is 29.0 Å². The van der Waals surface area contributed by atoms with Gasteiger partial charge in [0.05, 0.1) is 17.0 Å². The molecule has 3 aliphatic rings. The first-order valence-electron chi connectivity index (χ1n) is 15.2. The number of hydrogen-bond donors (Lipinski definition) is 4. The SMILES string of the molecule is CCc1ccc2ccc(/C=C/C3(C(=O)OC(C(=O)NC(C)C(=O)N4CCCC(C(N)=O)N4)C4CC4)CCC(O)C3)cc2n1. The van der Waals surface area contributed by atoms with Crippen LogP contribution in [0, 0.1) is 11.3 Å². The summed E-state index contributed by atoms with van der Waals surface area (Å²) < 4.78 is 5.91. The van der Waals surface area contributed by atoms with Gasteiger partial charge in [0, 0.05) is 23.5 Å². The molecule has 0 bridgehead atoms. The average molecular weight is 592 g/mol. The zero-order valence-electron chi connectivity index (χ0n) is 24.8. The van der Waals surface area contributed by atoms with Crippen molar-refractivity contribution in [3.05, 3.63) is 47.7 Å². The molecular weight excluding hydrogens is 550 g/mol. The van der Waals surface area contributed by atoms with Crippen LogP contribution in [0.4, 0.5) is 0 Å². The molecule has 1 aromatic carbocycles. The number of aromatic nitrogens is 1. The highest BCUT2D eigenvalue weighted by Gasteiger charge is 2.48. The van der Waals surface area contributed by atoms with Crippen molar-refractivity contribution in [1.29, 1.82) is 0 Å². The Morgan fingerprint density at radius 3 is 2.65 bits per heavy atom. The summed E-state index contributed by atoms with van der Waals surface area (Å²) in [5.41, 5.74) is 9.87. The number of aliphatic hydroxyl groups excluding tert-OH is 1. The molecule has 0 spiro atoms. The number of primary amides is 1. The molecule has 230 valence electrons. The molecule has 3 fully saturated rings. The molecule has 5 atom stereocenters. The Morgan fingerprint density at radius 1 is 1.21 bits per heavy atom. The number of ether oxygens (including phenoxy) is 1. The van der Waals surface area contributed by atoms with E-state index in [-0.39, 0.29) is 12.3 Å². The maximum absolute atomic E-state index is 13.7. The van der Waals surface area contributed by atoms with Gasteiger partial charge >= 0.3 is 5.97 Å². The quantitative estimate of drug-likeness (QED) is 0.305. The van der Waals surface area contributed by atoms with Gasteiger partial charge < -0.3 is 20.9 Å². The number of carbonyl (C=O) groups is 4. The molecular formula is C32H41N5O6. The predicted molar refractivity (Wildman–Crippen MR) is 160 cm³/mol. The summed E-state index contributed by atoms with van der Waals surface area (Å²) in [5.74, 6) is -2.18. The van der Waals surface area contributed by atoms with Crippen LogP contribution in [0.15, 0.2) is 36.4 Å². The van der Waals surface area contributed by atoms with Gasteiger partial charge in [0.2, 0.25) is 5.91 Å². The second-order valence-corrected chi connectivity index (χ2v) is 12.1. The molecule has 43 heavy (non-hydrogen) atoms. The molecule has 3 amide bonds. The second-order valence-electron chi connectivity index (χ2n) is 12.1. The third-order valence-electron chi connectivity index (χ3n) is 8.73. The molecule has 1 aromatic heterocycles. The van der Waals surface area contributed by atoms with Crippen LogP contribution in [-0.4, -0.2) is 69.6 Å². The van der Waals surface area contributed by atoms with E-state index in [0.29, 0.717) is 32.2 Å². The van der Waals surface area contributed by atoms with Crippen molar-refractivity contribution >= 4 is 40.7 Å². The lowest BCUT2D eigenvalue weighted by atomic mass is 9.85. The number of hydrazine groups is 1. The van der Waals surface area contributed by atoms with E-state index in [4.69, 9.17) is 15.5 Å².